The lowest BCUT2D eigenvalue weighted by molar-refractivity contribution is 1.77. The Balaban J connectivity index is 2.23. The maximum Gasteiger partial charge on any atom is 0.0449 e. The molecule has 0 unspecified atom stereocenters. The van der Waals surface area contributed by atoms with E-state index in [9.17, 15) is 0 Å². The lowest BCUT2D eigenvalue weighted by Gasteiger charge is -1.98. The zero-order chi connectivity index (χ0) is 12.1. The molecule has 0 atom stereocenters. The first kappa shape index (κ1) is 12.7. The van der Waals surface area contributed by atoms with Gasteiger partial charge in [0.05, 0.1) is 0 Å². The van der Waals surface area contributed by atoms with E-state index in [-0.39, 0.29) is 0 Å². The van der Waals surface area contributed by atoms with Crippen LogP contribution in [0.1, 0.15) is 18.7 Å². The van der Waals surface area contributed by atoms with Crippen molar-refractivity contribution in [2.75, 3.05) is 0 Å². The second kappa shape index (κ2) is 6.24. The van der Waals surface area contributed by atoms with E-state index in [1.165, 1.54) is 19.5 Å². The van der Waals surface area contributed by atoms with Crippen LogP contribution in [0.5, 0.6) is 0 Å². The summed E-state index contributed by atoms with van der Waals surface area (Å²) >= 11 is 5.44. The van der Waals surface area contributed by atoms with Gasteiger partial charge in [-0.25, -0.2) is 0 Å². The summed E-state index contributed by atoms with van der Waals surface area (Å²) in [5.41, 5.74) is 0. The molecule has 0 N–H and O–H groups in total. The van der Waals surface area contributed by atoms with Crippen LogP contribution in [0, 0.1) is 0 Å². The van der Waals surface area contributed by atoms with Crippen LogP contribution in [0.3, 0.4) is 0 Å². The summed E-state index contributed by atoms with van der Waals surface area (Å²) in [6, 6.07) is 8.70. The summed E-state index contributed by atoms with van der Waals surface area (Å²) in [5, 5.41) is 4.25. The molecule has 0 spiro atoms. The summed E-state index contributed by atoms with van der Waals surface area (Å²) in [6.07, 6.45) is 4.25. The lowest BCUT2D eigenvalue weighted by atomic mass is 10.3. The number of hydrogen-bond acceptors (Lipinski definition) is 3. The normalized spacial score (nSPS) is 12.5. The topological polar surface area (TPSA) is 0 Å². The highest BCUT2D eigenvalue weighted by atomic mass is 32.2. The second-order valence-electron chi connectivity index (χ2n) is 3.38. The van der Waals surface area contributed by atoms with Crippen LogP contribution < -0.4 is 0 Å². The van der Waals surface area contributed by atoms with E-state index in [1.54, 1.807) is 23.1 Å². The fourth-order valence-electron chi connectivity index (χ4n) is 1.43. The van der Waals surface area contributed by atoms with Crippen LogP contribution in [-0.4, -0.2) is 0 Å². The zero-order valence-electron chi connectivity index (χ0n) is 9.84. The van der Waals surface area contributed by atoms with Crippen LogP contribution in [0.15, 0.2) is 47.2 Å². The molecule has 0 aliphatic carbocycles. The first-order valence-corrected chi connectivity index (χ1v) is 8.01. The van der Waals surface area contributed by atoms with Crippen molar-refractivity contribution in [1.29, 1.82) is 0 Å². The highest BCUT2D eigenvalue weighted by Crippen LogP contribution is 2.38. The Bertz CT molecular complexity index is 515. The molecular weight excluding hydrogens is 264 g/mol. The van der Waals surface area contributed by atoms with Gasteiger partial charge in [0.15, 0.2) is 0 Å². The van der Waals surface area contributed by atoms with Crippen molar-refractivity contribution in [2.24, 2.45) is 0 Å². The third-order valence-electron chi connectivity index (χ3n) is 2.21. The standard InChI is InChI=1S/C14H14S3/c1-3-9-15-11(4-2)13-7-8-14(17-13)12-6-5-10-16-12/h3-10H,1-2H3/b9-3-,11-4-. The third kappa shape index (κ3) is 3.12. The number of thioether (sulfide) groups is 1. The number of thiophene rings is 2. The average Bonchev–Trinajstić information content (AvgIpc) is 3.00. The molecule has 0 aliphatic rings. The van der Waals surface area contributed by atoms with Crippen LogP contribution >= 0.6 is 34.4 Å². The molecule has 3 heteroatoms. The van der Waals surface area contributed by atoms with E-state index in [2.05, 4.69) is 54.1 Å². The van der Waals surface area contributed by atoms with Crippen molar-refractivity contribution in [3.8, 4) is 9.75 Å². The van der Waals surface area contributed by atoms with E-state index >= 15 is 0 Å². The highest BCUT2D eigenvalue weighted by Gasteiger charge is 2.06. The predicted molar refractivity (Wildman–Crippen MR) is 83.7 cm³/mol. The van der Waals surface area contributed by atoms with Crippen molar-refractivity contribution >= 4 is 39.3 Å². The van der Waals surface area contributed by atoms with Gasteiger partial charge in [0.2, 0.25) is 0 Å². The molecule has 2 aromatic heterocycles. The Morgan fingerprint density at radius 3 is 2.71 bits per heavy atom. The lowest BCUT2D eigenvalue weighted by Crippen LogP contribution is -1.68. The Morgan fingerprint density at radius 2 is 2.06 bits per heavy atom. The van der Waals surface area contributed by atoms with E-state index in [1.807, 2.05) is 18.3 Å². The quantitative estimate of drug-likeness (QED) is 0.650. The summed E-state index contributed by atoms with van der Waals surface area (Å²) < 4.78 is 0. The van der Waals surface area contributed by atoms with Crippen molar-refractivity contribution in [3.63, 3.8) is 0 Å². The van der Waals surface area contributed by atoms with Crippen molar-refractivity contribution < 1.29 is 0 Å². The molecule has 17 heavy (non-hydrogen) atoms. The van der Waals surface area contributed by atoms with Crippen molar-refractivity contribution in [2.45, 2.75) is 13.8 Å². The van der Waals surface area contributed by atoms with E-state index in [0.717, 1.165) is 0 Å². The summed E-state index contributed by atoms with van der Waals surface area (Å²) in [7, 11) is 0. The smallest absolute Gasteiger partial charge is 0.0449 e. The van der Waals surface area contributed by atoms with Crippen molar-refractivity contribution in [3.05, 3.63) is 52.1 Å². The highest BCUT2D eigenvalue weighted by molar-refractivity contribution is 8.11. The van der Waals surface area contributed by atoms with Gasteiger partial charge in [-0.1, -0.05) is 30.0 Å². The van der Waals surface area contributed by atoms with Gasteiger partial charge < -0.3 is 0 Å². The maximum atomic E-state index is 2.21. The van der Waals surface area contributed by atoms with E-state index in [4.69, 9.17) is 0 Å². The van der Waals surface area contributed by atoms with Gasteiger partial charge in [-0.3, -0.25) is 0 Å². The van der Waals surface area contributed by atoms with Gasteiger partial charge in [0.25, 0.3) is 0 Å². The molecule has 0 fully saturated rings. The fourth-order valence-corrected chi connectivity index (χ4v) is 4.11. The molecule has 0 amide bonds. The van der Waals surface area contributed by atoms with Crippen LogP contribution in [0.2, 0.25) is 0 Å². The van der Waals surface area contributed by atoms with Gasteiger partial charge in [-0.2, -0.15) is 0 Å². The van der Waals surface area contributed by atoms with Gasteiger partial charge in [-0.15, -0.1) is 22.7 Å². The fraction of sp³-hybridized carbons (Fsp3) is 0.143. The van der Waals surface area contributed by atoms with Crippen LogP contribution in [0.4, 0.5) is 0 Å². The average molecular weight is 278 g/mol. The molecule has 0 aromatic carbocycles. The minimum atomic E-state index is 1.33. The molecule has 0 bridgehead atoms. The zero-order valence-corrected chi connectivity index (χ0v) is 12.3. The summed E-state index contributed by atoms with van der Waals surface area (Å²) in [5.74, 6) is 0. The molecule has 0 radical (unpaired) electrons. The van der Waals surface area contributed by atoms with Crippen LogP contribution in [-0.2, 0) is 0 Å². The van der Waals surface area contributed by atoms with Crippen LogP contribution in [0.25, 0.3) is 14.7 Å². The molecule has 88 valence electrons. The summed E-state index contributed by atoms with van der Waals surface area (Å²) in [6.45, 7) is 4.14. The monoisotopic (exact) mass is 278 g/mol. The Kier molecular flexibility index (Phi) is 4.66. The molecular formula is C14H14S3. The van der Waals surface area contributed by atoms with Gasteiger partial charge in [0, 0.05) is 19.5 Å². The number of allylic oxidation sites excluding steroid dienone is 2. The maximum absolute atomic E-state index is 2.21. The Morgan fingerprint density at radius 1 is 1.18 bits per heavy atom. The second-order valence-corrected chi connectivity index (χ2v) is 6.36. The molecule has 2 rings (SSSR count). The van der Waals surface area contributed by atoms with E-state index < -0.39 is 0 Å². The van der Waals surface area contributed by atoms with Crippen molar-refractivity contribution in [1.82, 2.24) is 0 Å². The minimum Gasteiger partial charge on any atom is -0.143 e. The SMILES string of the molecule is C/C=C\S/C(=C\C)c1ccc(-c2cccs2)s1. The molecule has 0 nitrogen and oxygen atoms in total. The number of hydrogen-bond donors (Lipinski definition) is 0. The first-order valence-electron chi connectivity index (χ1n) is 5.43. The van der Waals surface area contributed by atoms with Gasteiger partial charge in [0.1, 0.15) is 0 Å². The van der Waals surface area contributed by atoms with Gasteiger partial charge in [-0.05, 0) is 42.8 Å². The van der Waals surface area contributed by atoms with Gasteiger partial charge >= 0.3 is 0 Å². The Labute approximate surface area is 115 Å². The molecule has 0 saturated heterocycles. The largest absolute Gasteiger partial charge is 0.143 e. The molecule has 2 heterocycles. The van der Waals surface area contributed by atoms with E-state index in [0.29, 0.717) is 0 Å². The Hall–Kier alpha value is -0.770. The third-order valence-corrected chi connectivity index (χ3v) is 5.64. The first-order chi connectivity index (χ1) is 8.35. The molecule has 0 saturated carbocycles. The predicted octanol–water partition coefficient (Wildman–Crippen LogP) is 6.10. The molecule has 0 aliphatic heterocycles. The molecule has 2 aromatic rings. The summed E-state index contributed by atoms with van der Waals surface area (Å²) in [4.78, 5) is 5.39. The minimum absolute atomic E-state index is 1.33. The number of rotatable bonds is 4.